The fourth-order valence-corrected chi connectivity index (χ4v) is 2.30. The lowest BCUT2D eigenvalue weighted by molar-refractivity contribution is -0.129. The topological polar surface area (TPSA) is 75.4 Å². The Hall–Kier alpha value is -1.56. The maximum absolute atomic E-state index is 12.1. The molecule has 1 unspecified atom stereocenters. The molecule has 0 aromatic carbocycles. The molecule has 0 saturated carbocycles. The van der Waals surface area contributed by atoms with E-state index in [0.717, 1.165) is 19.4 Å². The van der Waals surface area contributed by atoms with Gasteiger partial charge in [-0.15, -0.1) is 0 Å². The van der Waals surface area contributed by atoms with Crippen LogP contribution >= 0.6 is 11.6 Å². The summed E-state index contributed by atoms with van der Waals surface area (Å²) in [6, 6.07) is -0.215. The van der Waals surface area contributed by atoms with Crippen molar-refractivity contribution in [2.45, 2.75) is 18.9 Å². The molecule has 7 heteroatoms. The molecule has 1 amide bonds. The molecule has 6 nitrogen and oxygen atoms in total. The smallest absolute Gasteiger partial charge is 0.244 e. The summed E-state index contributed by atoms with van der Waals surface area (Å²) in [5, 5.41) is 0.225. The van der Waals surface area contributed by atoms with Crippen molar-refractivity contribution in [3.8, 4) is 0 Å². The molecule has 18 heavy (non-hydrogen) atoms. The Morgan fingerprint density at radius 3 is 2.94 bits per heavy atom. The molecule has 2 N–H and O–H groups in total. The van der Waals surface area contributed by atoms with E-state index >= 15 is 0 Å². The summed E-state index contributed by atoms with van der Waals surface area (Å²) in [6.45, 7) is 0.752. The van der Waals surface area contributed by atoms with Crippen LogP contribution in [-0.2, 0) is 4.79 Å². The molecule has 0 radical (unpaired) electrons. The average Bonchev–Trinajstić information content (AvgIpc) is 2.80. The highest BCUT2D eigenvalue weighted by Crippen LogP contribution is 2.31. The molecule has 1 saturated heterocycles. The molecular formula is C11H16ClN5O. The predicted molar refractivity (Wildman–Crippen MR) is 70.5 cm³/mol. The van der Waals surface area contributed by atoms with Gasteiger partial charge in [0, 0.05) is 20.6 Å². The minimum atomic E-state index is -0.215. The van der Waals surface area contributed by atoms with Crippen LogP contribution in [0.5, 0.6) is 0 Å². The zero-order valence-electron chi connectivity index (χ0n) is 10.4. The summed E-state index contributed by atoms with van der Waals surface area (Å²) in [7, 11) is 3.49. The summed E-state index contributed by atoms with van der Waals surface area (Å²) < 4.78 is 0. The molecular weight excluding hydrogens is 254 g/mol. The van der Waals surface area contributed by atoms with Crippen molar-refractivity contribution in [3.05, 3.63) is 11.5 Å². The fraction of sp³-hybridized carbons (Fsp3) is 0.545. The van der Waals surface area contributed by atoms with E-state index in [-0.39, 0.29) is 17.1 Å². The second-order valence-electron chi connectivity index (χ2n) is 4.49. The van der Waals surface area contributed by atoms with Gasteiger partial charge in [0.05, 0.1) is 0 Å². The molecule has 1 aromatic rings. The van der Waals surface area contributed by atoms with Crippen LogP contribution in [0.3, 0.4) is 0 Å². The maximum Gasteiger partial charge on any atom is 0.244 e. The maximum atomic E-state index is 12.1. The number of carbonyl (C=O) groups is 1. The van der Waals surface area contributed by atoms with Gasteiger partial charge >= 0.3 is 0 Å². The summed E-state index contributed by atoms with van der Waals surface area (Å²) in [6.07, 6.45) is 3.10. The first-order valence-corrected chi connectivity index (χ1v) is 6.14. The molecule has 0 aliphatic carbocycles. The van der Waals surface area contributed by atoms with Crippen molar-refractivity contribution in [2.24, 2.45) is 0 Å². The van der Waals surface area contributed by atoms with Gasteiger partial charge in [0.25, 0.3) is 0 Å². The lowest BCUT2D eigenvalue weighted by Crippen LogP contribution is -2.43. The van der Waals surface area contributed by atoms with E-state index in [9.17, 15) is 4.79 Å². The van der Waals surface area contributed by atoms with Crippen LogP contribution in [0.15, 0.2) is 6.33 Å². The lowest BCUT2D eigenvalue weighted by Gasteiger charge is -2.27. The van der Waals surface area contributed by atoms with Gasteiger partial charge in [0.15, 0.2) is 11.0 Å². The van der Waals surface area contributed by atoms with Crippen molar-refractivity contribution in [1.29, 1.82) is 0 Å². The Morgan fingerprint density at radius 1 is 1.56 bits per heavy atom. The minimum Gasteiger partial charge on any atom is -0.393 e. The molecule has 2 heterocycles. The number of nitrogens with zero attached hydrogens (tertiary/aromatic N) is 4. The normalized spacial score (nSPS) is 19.1. The minimum absolute atomic E-state index is 0.0571. The summed E-state index contributed by atoms with van der Waals surface area (Å²) in [5.74, 6) is 0.606. The standard InChI is InChI=1S/C11H16ClN5O/c1-16(2)11(18)7-4-3-5-17(7)10-8(13)9(12)14-6-15-10/h6-7H,3-5,13H2,1-2H3. The zero-order chi connectivity index (χ0) is 13.3. The molecule has 1 aliphatic rings. The second-order valence-corrected chi connectivity index (χ2v) is 4.84. The zero-order valence-corrected chi connectivity index (χ0v) is 11.2. The highest BCUT2D eigenvalue weighted by molar-refractivity contribution is 6.32. The number of likely N-dealkylation sites (N-methyl/N-ethyl adjacent to an activating group) is 1. The third-order valence-electron chi connectivity index (χ3n) is 3.06. The van der Waals surface area contributed by atoms with Crippen LogP contribution in [0.25, 0.3) is 0 Å². The lowest BCUT2D eigenvalue weighted by atomic mass is 10.2. The highest BCUT2D eigenvalue weighted by Gasteiger charge is 2.33. The van der Waals surface area contributed by atoms with E-state index in [2.05, 4.69) is 9.97 Å². The van der Waals surface area contributed by atoms with Gasteiger partial charge in [-0.25, -0.2) is 9.97 Å². The molecule has 1 atom stereocenters. The van der Waals surface area contributed by atoms with E-state index in [1.165, 1.54) is 6.33 Å². The van der Waals surface area contributed by atoms with E-state index in [1.807, 2.05) is 4.90 Å². The van der Waals surface area contributed by atoms with Gasteiger partial charge < -0.3 is 15.5 Å². The molecule has 98 valence electrons. The molecule has 1 fully saturated rings. The van der Waals surface area contributed by atoms with Crippen molar-refractivity contribution in [1.82, 2.24) is 14.9 Å². The van der Waals surface area contributed by atoms with E-state index in [1.54, 1.807) is 19.0 Å². The van der Waals surface area contributed by atoms with Gasteiger partial charge in [-0.05, 0) is 12.8 Å². The molecule has 0 bridgehead atoms. The fourth-order valence-electron chi connectivity index (χ4n) is 2.17. The van der Waals surface area contributed by atoms with Gasteiger partial charge in [0.1, 0.15) is 18.1 Å². The van der Waals surface area contributed by atoms with Crippen molar-refractivity contribution in [2.75, 3.05) is 31.3 Å². The van der Waals surface area contributed by atoms with Crippen LogP contribution < -0.4 is 10.6 Å². The number of halogens is 1. The number of aromatic nitrogens is 2. The molecule has 1 aromatic heterocycles. The Morgan fingerprint density at radius 2 is 2.28 bits per heavy atom. The Bertz CT molecular complexity index is 465. The Labute approximate surface area is 111 Å². The second kappa shape index (κ2) is 4.97. The Kier molecular flexibility index (Phi) is 3.56. The van der Waals surface area contributed by atoms with Gasteiger partial charge in [-0.1, -0.05) is 11.6 Å². The van der Waals surface area contributed by atoms with Gasteiger partial charge in [0.2, 0.25) is 5.91 Å². The largest absolute Gasteiger partial charge is 0.393 e. The van der Waals surface area contributed by atoms with Gasteiger partial charge in [-0.3, -0.25) is 4.79 Å². The molecule has 2 rings (SSSR count). The number of anilines is 2. The van der Waals surface area contributed by atoms with Crippen molar-refractivity contribution >= 4 is 29.0 Å². The number of amides is 1. The monoisotopic (exact) mass is 269 g/mol. The summed E-state index contributed by atoms with van der Waals surface area (Å²) in [4.78, 5) is 23.6. The first-order chi connectivity index (χ1) is 8.52. The van der Waals surface area contributed by atoms with Crippen molar-refractivity contribution in [3.63, 3.8) is 0 Å². The average molecular weight is 270 g/mol. The number of hydrogen-bond donors (Lipinski definition) is 1. The highest BCUT2D eigenvalue weighted by atomic mass is 35.5. The molecule has 1 aliphatic heterocycles. The van der Waals surface area contributed by atoms with E-state index < -0.39 is 0 Å². The number of hydrogen-bond acceptors (Lipinski definition) is 5. The van der Waals surface area contributed by atoms with Crippen LogP contribution in [-0.4, -0.2) is 47.5 Å². The number of nitrogen functional groups attached to an aromatic ring is 1. The van der Waals surface area contributed by atoms with Gasteiger partial charge in [-0.2, -0.15) is 0 Å². The third-order valence-corrected chi connectivity index (χ3v) is 3.37. The van der Waals surface area contributed by atoms with Crippen LogP contribution in [0.4, 0.5) is 11.5 Å². The SMILES string of the molecule is CN(C)C(=O)C1CCCN1c1ncnc(Cl)c1N. The molecule has 0 spiro atoms. The third kappa shape index (κ3) is 2.20. The first kappa shape index (κ1) is 12.9. The number of nitrogens with two attached hydrogens (primary N) is 1. The van der Waals surface area contributed by atoms with Crippen LogP contribution in [0.1, 0.15) is 12.8 Å². The number of rotatable bonds is 2. The van der Waals surface area contributed by atoms with E-state index in [4.69, 9.17) is 17.3 Å². The number of carbonyl (C=O) groups excluding carboxylic acids is 1. The summed E-state index contributed by atoms with van der Waals surface area (Å²) >= 11 is 5.88. The van der Waals surface area contributed by atoms with E-state index in [0.29, 0.717) is 11.5 Å². The quantitative estimate of drug-likeness (QED) is 0.803. The first-order valence-electron chi connectivity index (χ1n) is 5.76. The van der Waals surface area contributed by atoms with Crippen LogP contribution in [0, 0.1) is 0 Å². The van der Waals surface area contributed by atoms with Crippen molar-refractivity contribution < 1.29 is 4.79 Å². The summed E-state index contributed by atoms with van der Waals surface area (Å²) in [5.41, 5.74) is 6.21. The van der Waals surface area contributed by atoms with Crippen LogP contribution in [0.2, 0.25) is 5.15 Å². The Balaban J connectivity index is 2.32. The predicted octanol–water partition coefficient (Wildman–Crippen LogP) is 0.769.